The fourth-order valence-corrected chi connectivity index (χ4v) is 3.65. The van der Waals surface area contributed by atoms with Gasteiger partial charge in [0.1, 0.15) is 11.0 Å². The van der Waals surface area contributed by atoms with Gasteiger partial charge in [-0.3, -0.25) is 4.79 Å². The zero-order valence-electron chi connectivity index (χ0n) is 17.0. The van der Waals surface area contributed by atoms with Gasteiger partial charge in [-0.2, -0.15) is 4.80 Å². The van der Waals surface area contributed by atoms with Gasteiger partial charge in [-0.25, -0.2) is 0 Å². The van der Waals surface area contributed by atoms with E-state index in [9.17, 15) is 4.79 Å². The van der Waals surface area contributed by atoms with Gasteiger partial charge in [0.25, 0.3) is 5.91 Å². The molecule has 1 aromatic heterocycles. The van der Waals surface area contributed by atoms with Crippen LogP contribution in [0, 0.1) is 10.5 Å². The van der Waals surface area contributed by atoms with E-state index < -0.39 is 0 Å². The molecule has 0 radical (unpaired) electrons. The second kappa shape index (κ2) is 8.95. The van der Waals surface area contributed by atoms with Crippen molar-refractivity contribution in [2.45, 2.75) is 33.1 Å². The number of halogens is 1. The first kappa shape index (κ1) is 20.5. The highest BCUT2D eigenvalue weighted by atomic mass is 127. The van der Waals surface area contributed by atoms with Crippen LogP contribution in [0.15, 0.2) is 60.7 Å². The van der Waals surface area contributed by atoms with Crippen molar-refractivity contribution in [2.24, 2.45) is 0 Å². The number of carbonyl (C=O) groups excluding carboxylic acids is 1. The Morgan fingerprint density at radius 2 is 1.67 bits per heavy atom. The van der Waals surface area contributed by atoms with Crippen LogP contribution in [0.25, 0.3) is 16.7 Å². The lowest BCUT2D eigenvalue weighted by molar-refractivity contribution is 0.102. The zero-order valence-corrected chi connectivity index (χ0v) is 19.2. The molecule has 0 spiro atoms. The first-order valence-corrected chi connectivity index (χ1v) is 11.2. The fraction of sp³-hybridized carbons (Fsp3) is 0.208. The smallest absolute Gasteiger partial charge is 0.255 e. The van der Waals surface area contributed by atoms with Crippen molar-refractivity contribution in [2.75, 3.05) is 5.32 Å². The number of rotatable bonds is 6. The number of nitrogens with zero attached hydrogens (tertiary/aromatic N) is 3. The summed E-state index contributed by atoms with van der Waals surface area (Å²) in [6.45, 7) is 4.16. The quantitative estimate of drug-likeness (QED) is 0.327. The first-order valence-electron chi connectivity index (χ1n) is 10.1. The molecule has 0 aliphatic rings. The van der Waals surface area contributed by atoms with Crippen molar-refractivity contribution in [1.82, 2.24) is 15.0 Å². The lowest BCUT2D eigenvalue weighted by Crippen LogP contribution is -2.12. The average Bonchev–Trinajstić information content (AvgIpc) is 3.16. The minimum atomic E-state index is -0.135. The van der Waals surface area contributed by atoms with E-state index in [1.165, 1.54) is 18.4 Å². The second-order valence-electron chi connectivity index (χ2n) is 7.38. The number of hydrogen-bond donors (Lipinski definition) is 1. The third-order valence-electron chi connectivity index (χ3n) is 5.07. The van der Waals surface area contributed by atoms with Crippen molar-refractivity contribution in [1.29, 1.82) is 0 Å². The molecular formula is C24H23IN4O. The molecule has 0 saturated heterocycles. The molecule has 5 nitrogen and oxygen atoms in total. The van der Waals surface area contributed by atoms with Gasteiger partial charge in [0.15, 0.2) is 0 Å². The Balaban J connectivity index is 1.58. The molecule has 152 valence electrons. The molecule has 3 aromatic carbocycles. The number of aromatic nitrogens is 3. The third-order valence-corrected chi connectivity index (χ3v) is 5.79. The Labute approximate surface area is 189 Å². The Kier molecular flexibility index (Phi) is 6.13. The van der Waals surface area contributed by atoms with E-state index in [4.69, 9.17) is 0 Å². The molecular weight excluding hydrogens is 487 g/mol. The summed E-state index contributed by atoms with van der Waals surface area (Å²) in [6, 6.07) is 19.7. The van der Waals surface area contributed by atoms with Crippen LogP contribution in [0.2, 0.25) is 0 Å². The fourth-order valence-electron chi connectivity index (χ4n) is 3.29. The molecule has 4 aromatic rings. The molecule has 1 N–H and O–H groups in total. The predicted molar refractivity (Wildman–Crippen MR) is 129 cm³/mol. The van der Waals surface area contributed by atoms with E-state index in [1.54, 1.807) is 4.80 Å². The number of amides is 1. The monoisotopic (exact) mass is 510 g/mol. The van der Waals surface area contributed by atoms with Gasteiger partial charge in [-0.05, 0) is 102 Å². The molecule has 0 atom stereocenters. The molecule has 0 aliphatic carbocycles. The van der Waals surface area contributed by atoms with Crippen LogP contribution in [0.4, 0.5) is 5.69 Å². The minimum Gasteiger partial charge on any atom is -0.322 e. The van der Waals surface area contributed by atoms with E-state index >= 15 is 0 Å². The zero-order chi connectivity index (χ0) is 21.1. The summed E-state index contributed by atoms with van der Waals surface area (Å²) in [4.78, 5) is 14.2. The van der Waals surface area contributed by atoms with Crippen molar-refractivity contribution >= 4 is 45.2 Å². The molecule has 1 heterocycles. The van der Waals surface area contributed by atoms with Gasteiger partial charge in [0.05, 0.1) is 5.69 Å². The highest BCUT2D eigenvalue weighted by Gasteiger charge is 2.12. The standard InChI is InChI=1S/C24H23IN4O/c1-3-4-5-17-6-12-20(13-7-17)29-27-22-14-16(2)21(15-23(22)28-29)26-24(30)18-8-10-19(25)11-9-18/h6-15H,3-5H2,1-2H3,(H,26,30). The molecule has 0 bridgehead atoms. The normalized spacial score (nSPS) is 11.0. The van der Waals surface area contributed by atoms with Crippen molar-refractivity contribution in [3.8, 4) is 5.69 Å². The number of hydrogen-bond acceptors (Lipinski definition) is 3. The Hall–Kier alpha value is -2.74. The summed E-state index contributed by atoms with van der Waals surface area (Å²) >= 11 is 2.22. The van der Waals surface area contributed by atoms with Crippen molar-refractivity contribution in [3.05, 3.63) is 80.9 Å². The number of fused-ring (bicyclic) bond motifs is 1. The van der Waals surface area contributed by atoms with Crippen molar-refractivity contribution in [3.63, 3.8) is 0 Å². The van der Waals surface area contributed by atoms with E-state index in [2.05, 4.69) is 69.3 Å². The maximum Gasteiger partial charge on any atom is 0.255 e. The highest BCUT2D eigenvalue weighted by molar-refractivity contribution is 14.1. The van der Waals surface area contributed by atoms with Crippen LogP contribution >= 0.6 is 22.6 Å². The molecule has 0 saturated carbocycles. The summed E-state index contributed by atoms with van der Waals surface area (Å²) < 4.78 is 1.09. The predicted octanol–water partition coefficient (Wildman–Crippen LogP) is 5.93. The Morgan fingerprint density at radius 3 is 2.33 bits per heavy atom. The average molecular weight is 510 g/mol. The highest BCUT2D eigenvalue weighted by Crippen LogP contribution is 2.23. The lowest BCUT2D eigenvalue weighted by atomic mass is 10.1. The van der Waals surface area contributed by atoms with E-state index in [0.29, 0.717) is 5.56 Å². The number of unbranched alkanes of at least 4 members (excludes halogenated alkanes) is 1. The third kappa shape index (κ3) is 4.53. The summed E-state index contributed by atoms with van der Waals surface area (Å²) in [5.41, 5.74) is 6.11. The Bertz CT molecular complexity index is 1180. The number of benzene rings is 3. The summed E-state index contributed by atoms with van der Waals surface area (Å²) in [7, 11) is 0. The molecule has 0 fully saturated rings. The van der Waals surface area contributed by atoms with Crippen LogP contribution in [0.5, 0.6) is 0 Å². The van der Waals surface area contributed by atoms with E-state index in [0.717, 1.165) is 38.0 Å². The van der Waals surface area contributed by atoms with Crippen LogP contribution in [0.1, 0.15) is 41.3 Å². The number of aryl methyl sites for hydroxylation is 2. The summed E-state index contributed by atoms with van der Waals surface area (Å²) in [5.74, 6) is -0.135. The largest absolute Gasteiger partial charge is 0.322 e. The van der Waals surface area contributed by atoms with Gasteiger partial charge < -0.3 is 5.32 Å². The maximum atomic E-state index is 12.6. The van der Waals surface area contributed by atoms with E-state index in [-0.39, 0.29) is 5.91 Å². The van der Waals surface area contributed by atoms with Gasteiger partial charge in [0, 0.05) is 14.8 Å². The lowest BCUT2D eigenvalue weighted by Gasteiger charge is -2.08. The summed E-state index contributed by atoms with van der Waals surface area (Å²) in [5, 5.41) is 12.2. The molecule has 6 heteroatoms. The first-order chi connectivity index (χ1) is 14.5. The number of nitrogens with one attached hydrogen (secondary N) is 1. The molecule has 0 unspecified atom stereocenters. The number of anilines is 1. The topological polar surface area (TPSA) is 59.8 Å². The minimum absolute atomic E-state index is 0.135. The number of carbonyl (C=O) groups is 1. The second-order valence-corrected chi connectivity index (χ2v) is 8.62. The van der Waals surface area contributed by atoms with Gasteiger partial charge in [0.2, 0.25) is 0 Å². The van der Waals surface area contributed by atoms with Gasteiger partial charge in [-0.1, -0.05) is 25.5 Å². The molecule has 1 amide bonds. The van der Waals surface area contributed by atoms with Crippen molar-refractivity contribution < 1.29 is 4.79 Å². The molecule has 0 aliphatic heterocycles. The van der Waals surface area contributed by atoms with Gasteiger partial charge in [-0.15, -0.1) is 10.2 Å². The van der Waals surface area contributed by atoms with Crippen LogP contribution in [0.3, 0.4) is 0 Å². The van der Waals surface area contributed by atoms with Crippen LogP contribution in [-0.2, 0) is 6.42 Å². The van der Waals surface area contributed by atoms with Crippen LogP contribution in [-0.4, -0.2) is 20.9 Å². The summed E-state index contributed by atoms with van der Waals surface area (Å²) in [6.07, 6.45) is 3.48. The van der Waals surface area contributed by atoms with Gasteiger partial charge >= 0.3 is 0 Å². The molecule has 30 heavy (non-hydrogen) atoms. The maximum absolute atomic E-state index is 12.6. The molecule has 4 rings (SSSR count). The van der Waals surface area contributed by atoms with Crippen LogP contribution < -0.4 is 5.32 Å². The Morgan fingerprint density at radius 1 is 1.00 bits per heavy atom. The SMILES string of the molecule is CCCCc1ccc(-n2nc3cc(C)c(NC(=O)c4ccc(I)cc4)cc3n2)cc1. The van der Waals surface area contributed by atoms with E-state index in [1.807, 2.05) is 43.3 Å².